The van der Waals surface area contributed by atoms with E-state index < -0.39 is 0 Å². The number of allylic oxidation sites excluding steroid dienone is 20. The molecule has 0 radical (unpaired) electrons. The Balaban J connectivity index is 1.03. The Morgan fingerprint density at radius 2 is 1.54 bits per heavy atom. The third-order valence-corrected chi connectivity index (χ3v) is 15.2. The number of fused-ring (bicyclic) bond motifs is 12. The molecule has 5 atom stereocenters. The molecule has 1 spiro atoms. The number of rotatable bonds is 6. The van der Waals surface area contributed by atoms with Gasteiger partial charge >= 0.3 is 0 Å². The highest BCUT2D eigenvalue weighted by atomic mass is 14.6. The first kappa shape index (κ1) is 33.2. The predicted molar refractivity (Wildman–Crippen MR) is 235 cm³/mol. The summed E-state index contributed by atoms with van der Waals surface area (Å²) in [6.07, 6.45) is 49.3. The van der Waals surface area contributed by atoms with E-state index in [-0.39, 0.29) is 5.41 Å². The SMILES string of the molecule is C1=CCC(c2ccc(CC(Cc3cccc4c3C3(C5=C4CCC=C5)C4=C(CCC=C4)c4c3cc3c5c4CCC=C5C4C=CCCC34)C3=CCCC=C3)cc2)C=C1. The summed E-state index contributed by atoms with van der Waals surface area (Å²) in [7, 11) is 0. The fourth-order valence-corrected chi connectivity index (χ4v) is 13.0. The van der Waals surface area contributed by atoms with Crippen molar-refractivity contribution in [3.05, 3.63) is 206 Å². The Morgan fingerprint density at radius 1 is 0.679 bits per heavy atom. The van der Waals surface area contributed by atoms with Crippen molar-refractivity contribution in [3.63, 3.8) is 0 Å². The first-order valence-corrected chi connectivity index (χ1v) is 22.1. The zero-order chi connectivity index (χ0) is 36.8. The summed E-state index contributed by atoms with van der Waals surface area (Å²) in [5, 5.41) is 0. The van der Waals surface area contributed by atoms with Crippen LogP contribution in [-0.2, 0) is 24.7 Å². The summed E-state index contributed by atoms with van der Waals surface area (Å²) in [5.41, 5.74) is 25.4. The fourth-order valence-electron chi connectivity index (χ4n) is 13.0. The third-order valence-electron chi connectivity index (χ3n) is 15.2. The monoisotopic (exact) mass is 724 g/mol. The molecule has 0 aromatic heterocycles. The zero-order valence-corrected chi connectivity index (χ0v) is 32.7. The topological polar surface area (TPSA) is 0 Å². The van der Waals surface area contributed by atoms with Crippen molar-refractivity contribution in [1.82, 2.24) is 0 Å². The molecule has 0 bridgehead atoms. The average molecular weight is 725 g/mol. The van der Waals surface area contributed by atoms with Crippen LogP contribution in [-0.4, -0.2) is 0 Å². The normalized spacial score (nSPS) is 27.5. The molecule has 0 amide bonds. The van der Waals surface area contributed by atoms with Gasteiger partial charge in [0.15, 0.2) is 0 Å². The van der Waals surface area contributed by atoms with Gasteiger partial charge in [-0.25, -0.2) is 0 Å². The number of hydrogen-bond acceptors (Lipinski definition) is 0. The molecule has 0 fully saturated rings. The van der Waals surface area contributed by atoms with Gasteiger partial charge < -0.3 is 0 Å². The Hall–Kier alpha value is -4.94. The minimum absolute atomic E-state index is 0.236. The van der Waals surface area contributed by atoms with Gasteiger partial charge in [-0.05, 0) is 184 Å². The smallest absolute Gasteiger partial charge is 0.0721 e. The third kappa shape index (κ3) is 4.77. The van der Waals surface area contributed by atoms with Gasteiger partial charge in [-0.15, -0.1) is 0 Å². The Labute approximate surface area is 333 Å². The summed E-state index contributed by atoms with van der Waals surface area (Å²) in [4.78, 5) is 0. The molecule has 12 rings (SSSR count). The van der Waals surface area contributed by atoms with E-state index >= 15 is 0 Å². The van der Waals surface area contributed by atoms with Gasteiger partial charge in [0.25, 0.3) is 0 Å². The number of benzene rings is 3. The van der Waals surface area contributed by atoms with Crippen molar-refractivity contribution < 1.29 is 0 Å². The summed E-state index contributed by atoms with van der Waals surface area (Å²) in [6.45, 7) is 0. The minimum atomic E-state index is -0.236. The summed E-state index contributed by atoms with van der Waals surface area (Å²) < 4.78 is 0. The van der Waals surface area contributed by atoms with Crippen molar-refractivity contribution in [1.29, 1.82) is 0 Å². The molecule has 276 valence electrons. The van der Waals surface area contributed by atoms with Crippen molar-refractivity contribution in [2.24, 2.45) is 11.8 Å². The van der Waals surface area contributed by atoms with E-state index in [1.54, 1.807) is 72.4 Å². The van der Waals surface area contributed by atoms with E-state index in [4.69, 9.17) is 0 Å². The lowest BCUT2D eigenvalue weighted by atomic mass is 9.65. The van der Waals surface area contributed by atoms with Crippen molar-refractivity contribution in [2.75, 3.05) is 0 Å². The van der Waals surface area contributed by atoms with Gasteiger partial charge in [-0.1, -0.05) is 134 Å². The second-order valence-electron chi connectivity index (χ2n) is 18.0. The Kier molecular flexibility index (Phi) is 7.75. The standard InChI is InChI=1S/C56H52/c1-3-15-37(16-4-1)39-31-29-36(30-32-39)33-41(38-17-5-2-6-18-38)34-40-19-13-25-46-44-22-9-11-27-50(44)56(55(40)46)51-28-12-10-23-47(51)54-48-26-14-24-45-42-20-7-8-21-43(42)49(53(45)48)35-52(54)56/h1,3-5,7,11-13,15,17-20,24-25,27-32,35,37,41-43H,2,6,8-10,14,16,21-23,26,33-34H2. The van der Waals surface area contributed by atoms with Crippen LogP contribution in [0.4, 0.5) is 0 Å². The maximum atomic E-state index is 2.81. The van der Waals surface area contributed by atoms with Gasteiger partial charge in [0.2, 0.25) is 0 Å². The van der Waals surface area contributed by atoms with Crippen LogP contribution in [0.3, 0.4) is 0 Å². The van der Waals surface area contributed by atoms with Gasteiger partial charge in [0.05, 0.1) is 5.41 Å². The Bertz CT molecular complexity index is 2510. The van der Waals surface area contributed by atoms with E-state index in [2.05, 4.69) is 134 Å². The molecule has 0 saturated heterocycles. The average Bonchev–Trinajstić information content (AvgIpc) is 3.87. The van der Waals surface area contributed by atoms with Crippen LogP contribution in [0.2, 0.25) is 0 Å². The second kappa shape index (κ2) is 13.1. The van der Waals surface area contributed by atoms with Crippen molar-refractivity contribution in [3.8, 4) is 0 Å². The van der Waals surface area contributed by atoms with Gasteiger partial charge in [0, 0.05) is 11.8 Å². The van der Waals surface area contributed by atoms with Crippen molar-refractivity contribution >= 4 is 16.7 Å². The fraction of sp³-hybridized carbons (Fsp3) is 0.321. The maximum absolute atomic E-state index is 2.81. The summed E-state index contributed by atoms with van der Waals surface area (Å²) in [6, 6.07) is 19.9. The van der Waals surface area contributed by atoms with Crippen LogP contribution in [0, 0.1) is 11.8 Å². The molecule has 0 aliphatic heterocycles. The lowest BCUT2D eigenvalue weighted by Gasteiger charge is -2.36. The molecule has 0 heteroatoms. The quantitative estimate of drug-likeness (QED) is 0.222. The van der Waals surface area contributed by atoms with Crippen LogP contribution >= 0.6 is 0 Å². The molecule has 3 aromatic carbocycles. The van der Waals surface area contributed by atoms with Crippen LogP contribution in [0.5, 0.6) is 0 Å². The lowest BCUT2D eigenvalue weighted by molar-refractivity contribution is 0.560. The van der Waals surface area contributed by atoms with Gasteiger partial charge in [-0.3, -0.25) is 0 Å². The lowest BCUT2D eigenvalue weighted by Crippen LogP contribution is -2.30. The predicted octanol–water partition coefficient (Wildman–Crippen LogP) is 13.9. The van der Waals surface area contributed by atoms with Crippen LogP contribution < -0.4 is 0 Å². The zero-order valence-electron chi connectivity index (χ0n) is 32.7. The van der Waals surface area contributed by atoms with E-state index in [0.717, 1.165) is 57.8 Å². The van der Waals surface area contributed by atoms with E-state index in [1.165, 1.54) is 42.4 Å². The molecular weight excluding hydrogens is 673 g/mol. The summed E-state index contributed by atoms with van der Waals surface area (Å²) >= 11 is 0. The van der Waals surface area contributed by atoms with Crippen molar-refractivity contribution in [2.45, 2.75) is 101 Å². The molecule has 9 aliphatic carbocycles. The molecule has 0 nitrogen and oxygen atoms in total. The van der Waals surface area contributed by atoms with E-state index in [9.17, 15) is 0 Å². The van der Waals surface area contributed by atoms with E-state index in [1.807, 2.05) is 0 Å². The summed E-state index contributed by atoms with van der Waals surface area (Å²) in [5.74, 6) is 2.10. The first-order valence-electron chi connectivity index (χ1n) is 22.1. The highest BCUT2D eigenvalue weighted by Crippen LogP contribution is 2.67. The van der Waals surface area contributed by atoms with Crippen LogP contribution in [0.15, 0.2) is 150 Å². The van der Waals surface area contributed by atoms with E-state index in [0.29, 0.717) is 23.7 Å². The highest BCUT2D eigenvalue weighted by molar-refractivity contribution is 6.00. The minimum Gasteiger partial charge on any atom is -0.0879 e. The molecular formula is C56H52. The molecule has 5 unspecified atom stereocenters. The first-order chi connectivity index (χ1) is 27.8. The Morgan fingerprint density at radius 3 is 2.38 bits per heavy atom. The van der Waals surface area contributed by atoms with Gasteiger partial charge in [0.1, 0.15) is 0 Å². The maximum Gasteiger partial charge on any atom is 0.0721 e. The van der Waals surface area contributed by atoms with Crippen LogP contribution in [0.25, 0.3) is 16.7 Å². The molecule has 56 heavy (non-hydrogen) atoms. The number of hydrogen-bond donors (Lipinski definition) is 0. The largest absolute Gasteiger partial charge is 0.0879 e. The second-order valence-corrected chi connectivity index (χ2v) is 18.0. The molecule has 0 heterocycles. The molecule has 0 N–H and O–H groups in total. The van der Waals surface area contributed by atoms with Gasteiger partial charge in [-0.2, -0.15) is 0 Å². The highest BCUT2D eigenvalue weighted by Gasteiger charge is 2.56. The molecule has 3 aromatic rings. The molecule has 9 aliphatic rings. The molecule has 0 saturated carbocycles. The van der Waals surface area contributed by atoms with Crippen LogP contribution in [0.1, 0.15) is 132 Å².